The zero-order valence-electron chi connectivity index (χ0n) is 20.3. The minimum Gasteiger partial charge on any atom is -0.376 e. The molecule has 0 bridgehead atoms. The van der Waals surface area contributed by atoms with E-state index in [1.54, 1.807) is 0 Å². The van der Waals surface area contributed by atoms with Crippen LogP contribution in [-0.2, 0) is 0 Å². The number of amides is 1. The number of likely N-dealkylation sites (tertiary alicyclic amines) is 1. The lowest BCUT2D eigenvalue weighted by Crippen LogP contribution is -2.45. The number of nitrogens with zero attached hydrogens (tertiary/aromatic N) is 1. The van der Waals surface area contributed by atoms with Crippen LogP contribution in [-0.4, -0.2) is 41.3 Å². The Bertz CT molecular complexity index is 1220. The molecule has 0 spiro atoms. The van der Waals surface area contributed by atoms with Crippen LogP contribution >= 0.6 is 0 Å². The summed E-state index contributed by atoms with van der Waals surface area (Å²) in [5.74, 6) is 0.109. The lowest BCUT2D eigenvalue weighted by Gasteiger charge is -2.26. The van der Waals surface area contributed by atoms with E-state index in [1.165, 1.54) is 11.1 Å². The summed E-state index contributed by atoms with van der Waals surface area (Å²) >= 11 is 0. The van der Waals surface area contributed by atoms with Crippen LogP contribution < -0.4 is 5.32 Å². The topological polar surface area (TPSA) is 52.6 Å². The van der Waals surface area contributed by atoms with E-state index in [9.17, 15) is 9.90 Å². The Morgan fingerprint density at radius 2 is 1.36 bits per heavy atom. The standard InChI is InChI=1S/C32H32N2O2/c35-31(29-19-11-10-18-28(29)26-16-8-3-9-17-26)33-30-21-23-34(32(30)36)22-20-27(24-12-4-1-5-13-24)25-14-6-2-7-15-25/h1-19,27,30,32,36H,20-23H2,(H,33,35). The number of hydrogen-bond donors (Lipinski definition) is 2. The van der Waals surface area contributed by atoms with Crippen molar-refractivity contribution in [3.05, 3.63) is 132 Å². The van der Waals surface area contributed by atoms with Crippen LogP contribution in [0.4, 0.5) is 0 Å². The molecule has 1 heterocycles. The Labute approximate surface area is 213 Å². The van der Waals surface area contributed by atoms with E-state index in [0.29, 0.717) is 5.56 Å². The minimum atomic E-state index is -0.704. The Morgan fingerprint density at radius 3 is 2.00 bits per heavy atom. The molecule has 36 heavy (non-hydrogen) atoms. The van der Waals surface area contributed by atoms with Gasteiger partial charge in [-0.2, -0.15) is 0 Å². The molecule has 4 nitrogen and oxygen atoms in total. The molecule has 0 aliphatic carbocycles. The molecule has 4 aromatic rings. The molecule has 1 fully saturated rings. The fourth-order valence-corrected chi connectivity index (χ4v) is 5.22. The minimum absolute atomic E-state index is 0.146. The fourth-order valence-electron chi connectivity index (χ4n) is 5.22. The normalized spacial score (nSPS) is 17.8. The van der Waals surface area contributed by atoms with Crippen molar-refractivity contribution in [3.8, 4) is 11.1 Å². The molecule has 5 rings (SSSR count). The van der Waals surface area contributed by atoms with E-state index >= 15 is 0 Å². The first-order chi connectivity index (χ1) is 17.7. The lowest BCUT2D eigenvalue weighted by atomic mass is 9.88. The van der Waals surface area contributed by atoms with Crippen molar-refractivity contribution in [2.45, 2.75) is 31.0 Å². The highest BCUT2D eigenvalue weighted by atomic mass is 16.3. The third-order valence-corrected chi connectivity index (χ3v) is 7.14. The SMILES string of the molecule is O=C(NC1CCN(CCC(c2ccccc2)c2ccccc2)C1O)c1ccccc1-c1ccccc1. The first kappa shape index (κ1) is 24.0. The predicted octanol–water partition coefficient (Wildman–Crippen LogP) is 5.70. The van der Waals surface area contributed by atoms with Crippen molar-refractivity contribution < 1.29 is 9.90 Å². The highest BCUT2D eigenvalue weighted by molar-refractivity contribution is 6.01. The van der Waals surface area contributed by atoms with Crippen LogP contribution in [0.25, 0.3) is 11.1 Å². The number of aliphatic hydroxyl groups excluding tert-OH is 1. The van der Waals surface area contributed by atoms with Gasteiger partial charge in [0.15, 0.2) is 0 Å². The molecule has 182 valence electrons. The summed E-state index contributed by atoms with van der Waals surface area (Å²) in [6.07, 6.45) is 0.912. The maximum Gasteiger partial charge on any atom is 0.252 e. The second kappa shape index (κ2) is 11.3. The van der Waals surface area contributed by atoms with Crippen molar-refractivity contribution in [1.29, 1.82) is 0 Å². The van der Waals surface area contributed by atoms with Gasteiger partial charge in [-0.05, 0) is 41.2 Å². The third-order valence-electron chi connectivity index (χ3n) is 7.14. The highest BCUT2D eigenvalue weighted by Crippen LogP contribution is 2.30. The monoisotopic (exact) mass is 476 g/mol. The fraction of sp³-hybridized carbons (Fsp3) is 0.219. The average Bonchev–Trinajstić information content (AvgIpc) is 3.29. The number of carbonyl (C=O) groups is 1. The molecule has 4 heteroatoms. The van der Waals surface area contributed by atoms with Crippen molar-refractivity contribution in [3.63, 3.8) is 0 Å². The van der Waals surface area contributed by atoms with Gasteiger partial charge in [0.2, 0.25) is 0 Å². The smallest absolute Gasteiger partial charge is 0.252 e. The highest BCUT2D eigenvalue weighted by Gasteiger charge is 2.34. The number of benzene rings is 4. The van der Waals surface area contributed by atoms with Crippen LogP contribution in [0.15, 0.2) is 115 Å². The van der Waals surface area contributed by atoms with Crippen molar-refractivity contribution in [2.24, 2.45) is 0 Å². The maximum absolute atomic E-state index is 13.2. The third kappa shape index (κ3) is 5.40. The molecule has 2 atom stereocenters. The average molecular weight is 477 g/mol. The van der Waals surface area contributed by atoms with Crippen LogP contribution in [0.5, 0.6) is 0 Å². The molecule has 1 aliphatic heterocycles. The molecule has 0 saturated carbocycles. The van der Waals surface area contributed by atoms with Crippen molar-refractivity contribution in [2.75, 3.05) is 13.1 Å². The van der Waals surface area contributed by atoms with Gasteiger partial charge in [0.1, 0.15) is 6.23 Å². The Balaban J connectivity index is 1.25. The zero-order chi connectivity index (χ0) is 24.7. The molecular formula is C32H32N2O2. The van der Waals surface area contributed by atoms with Gasteiger partial charge >= 0.3 is 0 Å². The summed E-state index contributed by atoms with van der Waals surface area (Å²) in [5.41, 5.74) is 5.08. The van der Waals surface area contributed by atoms with Gasteiger partial charge in [-0.15, -0.1) is 0 Å². The molecule has 0 radical (unpaired) electrons. The molecule has 0 aromatic heterocycles. The van der Waals surface area contributed by atoms with E-state index in [-0.39, 0.29) is 17.9 Å². The molecular weight excluding hydrogens is 444 g/mol. The summed E-state index contributed by atoms with van der Waals surface area (Å²) in [7, 11) is 0. The van der Waals surface area contributed by atoms with Crippen LogP contribution in [0, 0.1) is 0 Å². The van der Waals surface area contributed by atoms with Gasteiger partial charge in [0, 0.05) is 24.6 Å². The quantitative estimate of drug-likeness (QED) is 0.343. The number of rotatable bonds is 8. The molecule has 1 amide bonds. The van der Waals surface area contributed by atoms with Crippen LogP contribution in [0.3, 0.4) is 0 Å². The molecule has 1 saturated heterocycles. The number of nitrogens with one attached hydrogen (secondary N) is 1. The second-order valence-electron chi connectivity index (χ2n) is 9.39. The molecule has 2 N–H and O–H groups in total. The van der Waals surface area contributed by atoms with Crippen molar-refractivity contribution >= 4 is 5.91 Å². The molecule has 1 aliphatic rings. The van der Waals surface area contributed by atoms with Gasteiger partial charge < -0.3 is 10.4 Å². The lowest BCUT2D eigenvalue weighted by molar-refractivity contribution is 0.0187. The summed E-state index contributed by atoms with van der Waals surface area (Å²) in [6, 6.07) is 38.4. The van der Waals surface area contributed by atoms with E-state index in [1.807, 2.05) is 66.7 Å². The zero-order valence-corrected chi connectivity index (χ0v) is 20.3. The summed E-state index contributed by atoms with van der Waals surface area (Å²) < 4.78 is 0. The van der Waals surface area contributed by atoms with E-state index in [4.69, 9.17) is 0 Å². The second-order valence-corrected chi connectivity index (χ2v) is 9.39. The van der Waals surface area contributed by atoms with Gasteiger partial charge in [-0.1, -0.05) is 109 Å². The summed E-state index contributed by atoms with van der Waals surface area (Å²) in [5, 5.41) is 14.2. The Morgan fingerprint density at radius 1 is 0.806 bits per heavy atom. The maximum atomic E-state index is 13.2. The van der Waals surface area contributed by atoms with Crippen LogP contribution in [0.1, 0.15) is 40.2 Å². The van der Waals surface area contributed by atoms with Crippen molar-refractivity contribution in [1.82, 2.24) is 10.2 Å². The number of aliphatic hydroxyl groups is 1. The molecule has 2 unspecified atom stereocenters. The first-order valence-corrected chi connectivity index (χ1v) is 12.7. The van der Waals surface area contributed by atoms with Crippen LogP contribution in [0.2, 0.25) is 0 Å². The predicted molar refractivity (Wildman–Crippen MR) is 145 cm³/mol. The first-order valence-electron chi connectivity index (χ1n) is 12.7. The summed E-state index contributed by atoms with van der Waals surface area (Å²) in [4.78, 5) is 15.3. The van der Waals surface area contributed by atoms with E-state index in [0.717, 1.165) is 37.1 Å². The van der Waals surface area contributed by atoms with E-state index in [2.05, 4.69) is 58.7 Å². The van der Waals surface area contributed by atoms with E-state index < -0.39 is 6.23 Å². The Kier molecular flexibility index (Phi) is 7.55. The Hall–Kier alpha value is -3.73. The van der Waals surface area contributed by atoms with Gasteiger partial charge in [-0.25, -0.2) is 0 Å². The largest absolute Gasteiger partial charge is 0.376 e. The van der Waals surface area contributed by atoms with Gasteiger partial charge in [-0.3, -0.25) is 9.69 Å². The summed E-state index contributed by atoms with van der Waals surface area (Å²) in [6.45, 7) is 1.51. The number of carbonyl (C=O) groups excluding carboxylic acids is 1. The molecule has 4 aromatic carbocycles. The number of hydrogen-bond acceptors (Lipinski definition) is 3. The van der Waals surface area contributed by atoms with Gasteiger partial charge in [0.05, 0.1) is 6.04 Å². The van der Waals surface area contributed by atoms with Gasteiger partial charge in [0.25, 0.3) is 5.91 Å².